The van der Waals surface area contributed by atoms with Crippen molar-refractivity contribution in [1.29, 1.82) is 0 Å². The van der Waals surface area contributed by atoms with Crippen LogP contribution in [0.15, 0.2) is 77.7 Å². The Morgan fingerprint density at radius 3 is 2.15 bits per heavy atom. The normalized spacial score (nSPS) is 15.7. The fraction of sp³-hybridized carbons (Fsp3) is 0.387. The summed E-state index contributed by atoms with van der Waals surface area (Å²) in [6.07, 6.45) is -1.01. The molecule has 3 aromatic rings. The third-order valence-electron chi connectivity index (χ3n) is 6.71. The molecule has 1 amide bonds. The number of hydrogen-bond acceptors (Lipinski definition) is 5. The molecule has 3 aromatic carbocycles. The number of fused-ring (bicyclic) bond motifs is 1. The van der Waals surface area contributed by atoms with Crippen molar-refractivity contribution in [1.82, 2.24) is 5.32 Å². The second-order valence-electron chi connectivity index (χ2n) is 11.8. The standard InChI is InChI=1S/C31H38N2O5S/c1-30(2,3)22-12-15-24(16-13-22)37-19-18-32-29(34)28-21-33(39(35,36)25-10-8-7-9-11-25)26-20-23(31(4,5)6)14-17-27(26)38-28/h7-17,20,28H,18-19,21H2,1-6H3,(H,32,34)/t28-/m0/s1. The van der Waals surface area contributed by atoms with Gasteiger partial charge in [0.25, 0.3) is 15.9 Å². The summed E-state index contributed by atoms with van der Waals surface area (Å²) in [5.41, 5.74) is 2.47. The molecule has 0 saturated heterocycles. The van der Waals surface area contributed by atoms with Gasteiger partial charge in [-0.2, -0.15) is 0 Å². The number of amides is 1. The highest BCUT2D eigenvalue weighted by Gasteiger charge is 2.38. The second kappa shape index (κ2) is 10.9. The Bertz CT molecular complexity index is 1410. The minimum Gasteiger partial charge on any atom is -0.492 e. The molecule has 1 aliphatic heterocycles. The first-order valence-electron chi connectivity index (χ1n) is 13.2. The number of ether oxygens (including phenoxy) is 2. The summed E-state index contributed by atoms with van der Waals surface area (Å²) in [6.45, 7) is 13.0. The van der Waals surface area contributed by atoms with Gasteiger partial charge in [-0.15, -0.1) is 0 Å². The average Bonchev–Trinajstić information content (AvgIpc) is 2.89. The Morgan fingerprint density at radius 1 is 0.923 bits per heavy atom. The quantitative estimate of drug-likeness (QED) is 0.397. The first-order chi connectivity index (χ1) is 18.3. The van der Waals surface area contributed by atoms with Gasteiger partial charge in [0.05, 0.1) is 23.7 Å². The van der Waals surface area contributed by atoms with Crippen molar-refractivity contribution in [3.05, 3.63) is 83.9 Å². The molecular formula is C31H38N2O5S. The molecule has 1 heterocycles. The Hall–Kier alpha value is -3.52. The Labute approximate surface area is 232 Å². The molecule has 8 heteroatoms. The van der Waals surface area contributed by atoms with Crippen molar-refractivity contribution in [2.75, 3.05) is 24.0 Å². The van der Waals surface area contributed by atoms with Crippen LogP contribution in [0.25, 0.3) is 0 Å². The molecule has 39 heavy (non-hydrogen) atoms. The monoisotopic (exact) mass is 550 g/mol. The summed E-state index contributed by atoms with van der Waals surface area (Å²) in [7, 11) is -3.93. The van der Waals surface area contributed by atoms with E-state index in [-0.39, 0.29) is 35.4 Å². The van der Waals surface area contributed by atoms with Gasteiger partial charge >= 0.3 is 0 Å². The summed E-state index contributed by atoms with van der Waals surface area (Å²) in [5, 5.41) is 2.83. The van der Waals surface area contributed by atoms with Gasteiger partial charge in [-0.1, -0.05) is 77.9 Å². The lowest BCUT2D eigenvalue weighted by Crippen LogP contribution is -2.51. The van der Waals surface area contributed by atoms with Gasteiger partial charge in [0, 0.05) is 0 Å². The lowest BCUT2D eigenvalue weighted by molar-refractivity contribution is -0.127. The molecule has 208 valence electrons. The van der Waals surface area contributed by atoms with Gasteiger partial charge in [-0.3, -0.25) is 9.10 Å². The fourth-order valence-electron chi connectivity index (χ4n) is 4.31. The van der Waals surface area contributed by atoms with Crippen LogP contribution in [0.4, 0.5) is 5.69 Å². The van der Waals surface area contributed by atoms with Gasteiger partial charge in [0.2, 0.25) is 0 Å². The smallest absolute Gasteiger partial charge is 0.264 e. The second-order valence-corrected chi connectivity index (χ2v) is 13.7. The Morgan fingerprint density at radius 2 is 1.54 bits per heavy atom. The SMILES string of the molecule is CC(C)(C)c1ccc(OCCNC(=O)[C@@H]2CN(S(=O)(=O)c3ccccc3)c3cc(C(C)(C)C)ccc3O2)cc1. The number of carbonyl (C=O) groups excluding carboxylic acids is 1. The number of carbonyl (C=O) groups is 1. The summed E-state index contributed by atoms with van der Waals surface area (Å²) < 4.78 is 40.5. The van der Waals surface area contributed by atoms with E-state index in [2.05, 4.69) is 46.9 Å². The summed E-state index contributed by atoms with van der Waals surface area (Å²) in [4.78, 5) is 13.3. The summed E-state index contributed by atoms with van der Waals surface area (Å²) in [6, 6.07) is 21.6. The summed E-state index contributed by atoms with van der Waals surface area (Å²) >= 11 is 0. The Balaban J connectivity index is 1.48. The van der Waals surface area contributed by atoms with Crippen molar-refractivity contribution in [2.45, 2.75) is 63.4 Å². The van der Waals surface area contributed by atoms with Crippen LogP contribution < -0.4 is 19.1 Å². The molecule has 0 bridgehead atoms. The van der Waals surface area contributed by atoms with Crippen LogP contribution in [-0.4, -0.2) is 40.1 Å². The van der Waals surface area contributed by atoms with E-state index in [1.165, 1.54) is 9.87 Å². The van der Waals surface area contributed by atoms with Crippen molar-refractivity contribution < 1.29 is 22.7 Å². The molecule has 0 saturated carbocycles. The van der Waals surface area contributed by atoms with E-state index in [0.717, 1.165) is 11.3 Å². The zero-order valence-electron chi connectivity index (χ0n) is 23.5. The molecule has 0 spiro atoms. The topological polar surface area (TPSA) is 84.9 Å². The molecule has 1 aliphatic rings. The minimum absolute atomic E-state index is 0.0569. The first kappa shape index (κ1) is 28.5. The average molecular weight is 551 g/mol. The van der Waals surface area contributed by atoms with Crippen molar-refractivity contribution >= 4 is 21.6 Å². The van der Waals surface area contributed by atoms with Gasteiger partial charge in [-0.25, -0.2) is 8.42 Å². The van der Waals surface area contributed by atoms with Gasteiger partial charge in [0.1, 0.15) is 18.1 Å². The number of sulfonamides is 1. The van der Waals surface area contributed by atoms with Crippen LogP contribution in [0.5, 0.6) is 11.5 Å². The molecule has 7 nitrogen and oxygen atoms in total. The Kier molecular flexibility index (Phi) is 7.98. The number of rotatable bonds is 7. The van der Waals surface area contributed by atoms with Crippen LogP contribution >= 0.6 is 0 Å². The maximum absolute atomic E-state index is 13.7. The number of hydrogen-bond donors (Lipinski definition) is 1. The molecule has 1 N–H and O–H groups in total. The zero-order valence-corrected chi connectivity index (χ0v) is 24.3. The predicted molar refractivity (Wildman–Crippen MR) is 154 cm³/mol. The first-order valence-corrected chi connectivity index (χ1v) is 14.6. The van der Waals surface area contributed by atoms with Crippen molar-refractivity contribution in [3.63, 3.8) is 0 Å². The van der Waals surface area contributed by atoms with E-state index in [1.807, 2.05) is 36.4 Å². The minimum atomic E-state index is -3.93. The van der Waals surface area contributed by atoms with Gasteiger partial charge in [-0.05, 0) is 58.4 Å². The van der Waals surface area contributed by atoms with E-state index in [9.17, 15) is 13.2 Å². The van der Waals surface area contributed by atoms with E-state index in [1.54, 1.807) is 36.4 Å². The maximum atomic E-state index is 13.7. The van der Waals surface area contributed by atoms with Crippen molar-refractivity contribution in [2.24, 2.45) is 0 Å². The maximum Gasteiger partial charge on any atom is 0.264 e. The predicted octanol–water partition coefficient (Wildman–Crippen LogP) is 5.43. The van der Waals surface area contributed by atoms with Crippen LogP contribution in [0, 0.1) is 0 Å². The van der Waals surface area contributed by atoms with Crippen LogP contribution in [0.2, 0.25) is 0 Å². The number of anilines is 1. The molecule has 0 aliphatic carbocycles. The zero-order chi connectivity index (χ0) is 28.4. The number of nitrogens with zero attached hydrogens (tertiary/aromatic N) is 1. The lowest BCUT2D eigenvalue weighted by Gasteiger charge is -2.36. The number of benzene rings is 3. The van der Waals surface area contributed by atoms with Gasteiger partial charge in [0.15, 0.2) is 6.10 Å². The molecule has 1 atom stereocenters. The van der Waals surface area contributed by atoms with Gasteiger partial charge < -0.3 is 14.8 Å². The largest absolute Gasteiger partial charge is 0.492 e. The van der Waals surface area contributed by atoms with E-state index in [0.29, 0.717) is 11.4 Å². The summed E-state index contributed by atoms with van der Waals surface area (Å²) in [5.74, 6) is 0.666. The molecular weight excluding hydrogens is 512 g/mol. The van der Waals surface area contributed by atoms with E-state index < -0.39 is 22.0 Å². The molecule has 4 rings (SSSR count). The number of nitrogens with one attached hydrogen (secondary N) is 1. The third kappa shape index (κ3) is 6.56. The highest BCUT2D eigenvalue weighted by Crippen LogP contribution is 2.40. The molecule has 0 unspecified atom stereocenters. The third-order valence-corrected chi connectivity index (χ3v) is 8.50. The lowest BCUT2D eigenvalue weighted by atomic mass is 9.86. The van der Waals surface area contributed by atoms with Crippen LogP contribution in [0.1, 0.15) is 52.7 Å². The van der Waals surface area contributed by atoms with Crippen LogP contribution in [-0.2, 0) is 25.6 Å². The highest BCUT2D eigenvalue weighted by atomic mass is 32.2. The highest BCUT2D eigenvalue weighted by molar-refractivity contribution is 7.92. The fourth-order valence-corrected chi connectivity index (χ4v) is 5.80. The molecule has 0 radical (unpaired) electrons. The van der Waals surface area contributed by atoms with E-state index >= 15 is 0 Å². The van der Waals surface area contributed by atoms with Crippen molar-refractivity contribution in [3.8, 4) is 11.5 Å². The van der Waals surface area contributed by atoms with E-state index in [4.69, 9.17) is 9.47 Å². The van der Waals surface area contributed by atoms with Crippen LogP contribution in [0.3, 0.4) is 0 Å². The molecule has 0 aromatic heterocycles. The molecule has 0 fully saturated rings.